The Hall–Kier alpha value is -0.430. The normalized spacial score (nSPS) is 12.7. The minimum absolute atomic E-state index is 0.260. The predicted octanol–water partition coefficient (Wildman–Crippen LogP) is 2.26. The Morgan fingerprint density at radius 2 is 2.33 bits per heavy atom. The second kappa shape index (κ2) is 7.89. The number of ether oxygens (including phenoxy) is 1. The van der Waals surface area contributed by atoms with E-state index in [-0.39, 0.29) is 12.4 Å². The Morgan fingerprint density at radius 3 is 2.89 bits per heavy atom. The number of aliphatic hydroxyl groups is 1. The van der Waals surface area contributed by atoms with Crippen LogP contribution in [0.2, 0.25) is 0 Å². The van der Waals surface area contributed by atoms with E-state index in [9.17, 15) is 9.90 Å². The van der Waals surface area contributed by atoms with Crippen LogP contribution in [0.15, 0.2) is 15.9 Å². The number of carbonyl (C=O) groups excluding carboxylic acids is 1. The van der Waals surface area contributed by atoms with Crippen LogP contribution in [0.4, 0.5) is 0 Å². The first kappa shape index (κ1) is 15.6. The third-order valence-corrected chi connectivity index (χ3v) is 4.09. The molecular formula is C12H18BrNO3S. The first-order valence-corrected chi connectivity index (χ1v) is 7.30. The number of likely N-dealkylation sites (N-methyl/N-ethyl adjacent to an activating group) is 1. The molecule has 1 rings (SSSR count). The Labute approximate surface area is 120 Å². The highest BCUT2D eigenvalue weighted by molar-refractivity contribution is 9.11. The maximum Gasteiger partial charge on any atom is 0.305 e. The molecule has 1 aromatic rings. The largest absolute Gasteiger partial charge is 0.469 e. The molecule has 1 unspecified atom stereocenters. The average molecular weight is 336 g/mol. The van der Waals surface area contributed by atoms with Gasteiger partial charge in [0.2, 0.25) is 0 Å². The van der Waals surface area contributed by atoms with Gasteiger partial charge in [-0.1, -0.05) is 0 Å². The average Bonchev–Trinajstić information content (AvgIpc) is 2.71. The molecule has 0 aliphatic heterocycles. The lowest BCUT2D eigenvalue weighted by atomic mass is 10.2. The third-order valence-electron chi connectivity index (χ3n) is 2.49. The monoisotopic (exact) mass is 335 g/mol. The molecule has 0 bridgehead atoms. The van der Waals surface area contributed by atoms with Gasteiger partial charge in [-0.15, -0.1) is 11.3 Å². The quantitative estimate of drug-likeness (QED) is 0.776. The van der Waals surface area contributed by atoms with Gasteiger partial charge in [0.25, 0.3) is 0 Å². The molecule has 0 aliphatic carbocycles. The number of methoxy groups -OCH3 is 1. The van der Waals surface area contributed by atoms with Crippen LogP contribution >= 0.6 is 27.3 Å². The summed E-state index contributed by atoms with van der Waals surface area (Å²) in [5.74, 6) is -0.279. The van der Waals surface area contributed by atoms with Crippen LogP contribution in [0, 0.1) is 0 Å². The number of nitrogens with zero attached hydrogens (tertiary/aromatic N) is 1. The van der Waals surface area contributed by atoms with Crippen LogP contribution in [-0.2, 0) is 16.1 Å². The van der Waals surface area contributed by atoms with Crippen LogP contribution in [0.3, 0.4) is 0 Å². The number of esters is 1. The zero-order valence-corrected chi connectivity index (χ0v) is 13.0. The van der Waals surface area contributed by atoms with Crippen molar-refractivity contribution in [3.05, 3.63) is 20.8 Å². The lowest BCUT2D eigenvalue weighted by Gasteiger charge is -2.19. The molecule has 18 heavy (non-hydrogen) atoms. The predicted molar refractivity (Wildman–Crippen MR) is 75.6 cm³/mol. The van der Waals surface area contributed by atoms with Crippen LogP contribution < -0.4 is 0 Å². The fourth-order valence-corrected chi connectivity index (χ4v) is 3.17. The number of hydrogen-bond donors (Lipinski definition) is 1. The van der Waals surface area contributed by atoms with Crippen molar-refractivity contribution < 1.29 is 14.6 Å². The standard InChI is InChI=1S/C12H18BrNO3S/c1-14(8-10-4-5-11(13)18-10)7-9(15)3-6-12(16)17-2/h4-5,9,15H,3,6-8H2,1-2H3. The number of halogens is 1. The zero-order valence-electron chi connectivity index (χ0n) is 10.6. The van der Waals surface area contributed by atoms with E-state index in [1.165, 1.54) is 12.0 Å². The molecule has 1 aromatic heterocycles. The molecule has 0 radical (unpaired) electrons. The summed E-state index contributed by atoms with van der Waals surface area (Å²) in [6.07, 6.45) is 0.193. The number of carbonyl (C=O) groups is 1. The molecule has 0 saturated heterocycles. The second-order valence-corrected chi connectivity index (χ2v) is 6.72. The summed E-state index contributed by atoms with van der Waals surface area (Å²) in [6.45, 7) is 1.35. The van der Waals surface area contributed by atoms with E-state index in [1.54, 1.807) is 11.3 Å². The summed E-state index contributed by atoms with van der Waals surface area (Å²) in [5, 5.41) is 9.79. The van der Waals surface area contributed by atoms with Crippen molar-refractivity contribution in [3.8, 4) is 0 Å². The van der Waals surface area contributed by atoms with Crippen molar-refractivity contribution in [1.29, 1.82) is 0 Å². The van der Waals surface area contributed by atoms with Gasteiger partial charge in [0.05, 0.1) is 17.0 Å². The molecule has 0 saturated carbocycles. The lowest BCUT2D eigenvalue weighted by Crippen LogP contribution is -2.29. The van der Waals surface area contributed by atoms with E-state index in [1.807, 2.05) is 18.0 Å². The van der Waals surface area contributed by atoms with E-state index in [0.717, 1.165) is 10.3 Å². The van der Waals surface area contributed by atoms with Crippen molar-refractivity contribution in [2.24, 2.45) is 0 Å². The van der Waals surface area contributed by atoms with E-state index >= 15 is 0 Å². The Balaban J connectivity index is 2.26. The Bertz CT molecular complexity index is 383. The molecule has 1 N–H and O–H groups in total. The first-order chi connectivity index (χ1) is 8.51. The van der Waals surface area contributed by atoms with Crippen molar-refractivity contribution in [3.63, 3.8) is 0 Å². The molecule has 0 spiro atoms. The number of thiophene rings is 1. The van der Waals surface area contributed by atoms with Gasteiger partial charge < -0.3 is 9.84 Å². The van der Waals surface area contributed by atoms with Crippen molar-refractivity contribution in [1.82, 2.24) is 4.90 Å². The smallest absolute Gasteiger partial charge is 0.305 e. The number of aliphatic hydroxyl groups excluding tert-OH is 1. The molecule has 0 aliphatic rings. The number of rotatable bonds is 7. The molecule has 1 heterocycles. The van der Waals surface area contributed by atoms with Gasteiger partial charge in [-0.25, -0.2) is 0 Å². The highest BCUT2D eigenvalue weighted by Crippen LogP contribution is 2.23. The van der Waals surface area contributed by atoms with Gasteiger partial charge in [-0.2, -0.15) is 0 Å². The van der Waals surface area contributed by atoms with Crippen molar-refractivity contribution >= 4 is 33.2 Å². The minimum atomic E-state index is -0.502. The molecule has 6 heteroatoms. The summed E-state index contributed by atoms with van der Waals surface area (Å²) in [7, 11) is 3.31. The van der Waals surface area contributed by atoms with Crippen LogP contribution in [0.5, 0.6) is 0 Å². The van der Waals surface area contributed by atoms with Gasteiger partial charge in [0, 0.05) is 24.4 Å². The molecule has 0 aromatic carbocycles. The first-order valence-electron chi connectivity index (χ1n) is 5.69. The minimum Gasteiger partial charge on any atom is -0.469 e. The van der Waals surface area contributed by atoms with Gasteiger partial charge in [-0.05, 0) is 41.5 Å². The molecule has 4 nitrogen and oxygen atoms in total. The molecule has 0 fully saturated rings. The van der Waals surface area contributed by atoms with Crippen molar-refractivity contribution in [2.45, 2.75) is 25.5 Å². The fourth-order valence-electron chi connectivity index (χ4n) is 1.60. The summed E-state index contributed by atoms with van der Waals surface area (Å²) >= 11 is 5.11. The number of hydrogen-bond acceptors (Lipinski definition) is 5. The third kappa shape index (κ3) is 5.95. The van der Waals surface area contributed by atoms with Gasteiger partial charge in [0.1, 0.15) is 0 Å². The van der Waals surface area contributed by atoms with Gasteiger partial charge in [-0.3, -0.25) is 9.69 Å². The topological polar surface area (TPSA) is 49.8 Å². The highest BCUT2D eigenvalue weighted by Gasteiger charge is 2.11. The Kier molecular flexibility index (Phi) is 6.85. The van der Waals surface area contributed by atoms with E-state index < -0.39 is 6.10 Å². The second-order valence-electron chi connectivity index (χ2n) is 4.17. The maximum absolute atomic E-state index is 10.9. The summed E-state index contributed by atoms with van der Waals surface area (Å²) in [4.78, 5) is 14.2. The van der Waals surface area contributed by atoms with Crippen LogP contribution in [0.25, 0.3) is 0 Å². The summed E-state index contributed by atoms with van der Waals surface area (Å²) in [6, 6.07) is 4.08. The van der Waals surface area contributed by atoms with Gasteiger partial charge >= 0.3 is 5.97 Å². The fraction of sp³-hybridized carbons (Fsp3) is 0.583. The summed E-state index contributed by atoms with van der Waals surface area (Å²) < 4.78 is 5.65. The summed E-state index contributed by atoms with van der Waals surface area (Å²) in [5.41, 5.74) is 0. The van der Waals surface area contributed by atoms with Crippen molar-refractivity contribution in [2.75, 3.05) is 20.7 Å². The zero-order chi connectivity index (χ0) is 13.5. The van der Waals surface area contributed by atoms with E-state index in [0.29, 0.717) is 13.0 Å². The maximum atomic E-state index is 10.9. The van der Waals surface area contributed by atoms with Gasteiger partial charge in [0.15, 0.2) is 0 Å². The molecular weight excluding hydrogens is 318 g/mol. The SMILES string of the molecule is COC(=O)CCC(O)CN(C)Cc1ccc(Br)s1. The van der Waals surface area contributed by atoms with E-state index in [2.05, 4.69) is 26.7 Å². The molecule has 1 atom stereocenters. The highest BCUT2D eigenvalue weighted by atomic mass is 79.9. The molecule has 0 amide bonds. The van der Waals surface area contributed by atoms with Crippen LogP contribution in [-0.4, -0.2) is 42.8 Å². The van der Waals surface area contributed by atoms with E-state index in [4.69, 9.17) is 0 Å². The molecule has 102 valence electrons. The van der Waals surface area contributed by atoms with Crippen LogP contribution in [0.1, 0.15) is 17.7 Å². The Morgan fingerprint density at radius 1 is 1.61 bits per heavy atom. The lowest BCUT2D eigenvalue weighted by molar-refractivity contribution is -0.141.